The van der Waals surface area contributed by atoms with Crippen molar-refractivity contribution >= 4 is 47.6 Å². The van der Waals surface area contributed by atoms with E-state index < -0.39 is 14.6 Å². The number of benzene rings is 1. The highest BCUT2D eigenvalue weighted by Gasteiger charge is 2.35. The molecular formula is C14H15Br2N3O2S. The molecule has 0 fully saturated rings. The Balaban J connectivity index is 2.17. The van der Waals surface area contributed by atoms with Crippen LogP contribution < -0.4 is 5.32 Å². The first-order chi connectivity index (χ1) is 10.2. The van der Waals surface area contributed by atoms with Gasteiger partial charge < -0.3 is 5.32 Å². The average Bonchev–Trinajstić information content (AvgIpc) is 2.47. The number of anilines is 1. The maximum absolute atomic E-state index is 12.7. The fraction of sp³-hybridized carbons (Fsp3) is 0.286. The van der Waals surface area contributed by atoms with Crippen LogP contribution >= 0.6 is 31.9 Å². The molecule has 1 heterocycles. The van der Waals surface area contributed by atoms with Crippen molar-refractivity contribution in [2.45, 2.75) is 23.5 Å². The third-order valence-corrected chi connectivity index (χ3v) is 6.57. The van der Waals surface area contributed by atoms with Crippen LogP contribution in [0.5, 0.6) is 0 Å². The second-order valence-corrected chi connectivity index (χ2v) is 9.71. The van der Waals surface area contributed by atoms with Gasteiger partial charge >= 0.3 is 0 Å². The first-order valence-electron chi connectivity index (χ1n) is 6.44. The van der Waals surface area contributed by atoms with E-state index in [1.807, 2.05) is 0 Å². The molecule has 118 valence electrons. The van der Waals surface area contributed by atoms with Gasteiger partial charge in [0.2, 0.25) is 5.95 Å². The Hall–Kier alpha value is -0.990. The molecule has 0 unspecified atom stereocenters. The van der Waals surface area contributed by atoms with Crippen LogP contribution in [0.1, 0.15) is 13.8 Å². The number of nitrogens with one attached hydrogen (secondary N) is 1. The molecule has 2 aromatic rings. The zero-order chi connectivity index (χ0) is 16.4. The minimum atomic E-state index is -3.48. The normalized spacial score (nSPS) is 12.2. The van der Waals surface area contributed by atoms with Crippen LogP contribution in [0.2, 0.25) is 0 Å². The van der Waals surface area contributed by atoms with E-state index >= 15 is 0 Å². The second kappa shape index (κ2) is 6.64. The number of aromatic nitrogens is 2. The van der Waals surface area contributed by atoms with Crippen molar-refractivity contribution in [2.75, 3.05) is 11.9 Å². The highest BCUT2D eigenvalue weighted by atomic mass is 79.9. The SMILES string of the molecule is CC(C)(CNc1ncc(Br)cn1)S(=O)(=O)c1ccc(Br)cc1. The Bertz CT molecular complexity index is 745. The lowest BCUT2D eigenvalue weighted by molar-refractivity contribution is 0.553. The van der Waals surface area contributed by atoms with Crippen LogP contribution in [-0.4, -0.2) is 29.7 Å². The van der Waals surface area contributed by atoms with Crippen LogP contribution in [-0.2, 0) is 9.84 Å². The van der Waals surface area contributed by atoms with E-state index in [4.69, 9.17) is 0 Å². The number of halogens is 2. The third kappa shape index (κ3) is 3.85. The quantitative estimate of drug-likeness (QED) is 0.755. The Morgan fingerprint density at radius 2 is 1.59 bits per heavy atom. The smallest absolute Gasteiger partial charge is 0.222 e. The summed E-state index contributed by atoms with van der Waals surface area (Å²) in [6, 6.07) is 6.62. The van der Waals surface area contributed by atoms with Gasteiger partial charge in [0.25, 0.3) is 0 Å². The number of rotatable bonds is 5. The summed E-state index contributed by atoms with van der Waals surface area (Å²) in [7, 11) is -3.48. The fourth-order valence-electron chi connectivity index (χ4n) is 1.72. The summed E-state index contributed by atoms with van der Waals surface area (Å²) in [6.07, 6.45) is 3.21. The molecule has 0 aliphatic carbocycles. The molecular weight excluding hydrogens is 434 g/mol. The molecule has 0 aliphatic rings. The van der Waals surface area contributed by atoms with E-state index in [1.54, 1.807) is 50.5 Å². The maximum Gasteiger partial charge on any atom is 0.222 e. The van der Waals surface area contributed by atoms with E-state index in [1.165, 1.54) is 0 Å². The van der Waals surface area contributed by atoms with Gasteiger partial charge in [-0.15, -0.1) is 0 Å². The Labute approximate surface area is 146 Å². The van der Waals surface area contributed by atoms with Crippen molar-refractivity contribution < 1.29 is 8.42 Å². The summed E-state index contributed by atoms with van der Waals surface area (Å²) in [5.41, 5.74) is 0. The van der Waals surface area contributed by atoms with E-state index in [2.05, 4.69) is 47.1 Å². The number of hydrogen-bond acceptors (Lipinski definition) is 5. The predicted molar refractivity (Wildman–Crippen MR) is 93.6 cm³/mol. The molecule has 22 heavy (non-hydrogen) atoms. The molecule has 0 bridgehead atoms. The molecule has 0 atom stereocenters. The summed E-state index contributed by atoms with van der Waals surface area (Å²) in [5.74, 6) is 0.391. The summed E-state index contributed by atoms with van der Waals surface area (Å²) in [6.45, 7) is 3.56. The minimum Gasteiger partial charge on any atom is -0.353 e. The van der Waals surface area contributed by atoms with Gasteiger partial charge in [0.15, 0.2) is 9.84 Å². The van der Waals surface area contributed by atoms with E-state index in [9.17, 15) is 8.42 Å². The molecule has 8 heteroatoms. The zero-order valence-corrected chi connectivity index (χ0v) is 16.0. The zero-order valence-electron chi connectivity index (χ0n) is 12.0. The molecule has 1 aromatic heterocycles. The number of hydrogen-bond donors (Lipinski definition) is 1. The second-order valence-electron chi connectivity index (χ2n) is 5.30. The molecule has 0 saturated carbocycles. The van der Waals surface area contributed by atoms with Gasteiger partial charge in [0, 0.05) is 23.4 Å². The standard InChI is InChI=1S/C14H15Br2N3O2S/c1-14(2,9-19-13-17-7-11(16)8-18-13)22(20,21)12-5-3-10(15)4-6-12/h3-8H,9H2,1-2H3,(H,17,18,19). The Morgan fingerprint density at radius 1 is 1.05 bits per heavy atom. The molecule has 2 rings (SSSR count). The topological polar surface area (TPSA) is 72.0 Å². The van der Waals surface area contributed by atoms with Gasteiger partial charge in [-0.25, -0.2) is 18.4 Å². The summed E-state index contributed by atoms with van der Waals surface area (Å²) in [4.78, 5) is 8.45. The van der Waals surface area contributed by atoms with Crippen LogP contribution in [0.3, 0.4) is 0 Å². The molecule has 5 nitrogen and oxygen atoms in total. The lowest BCUT2D eigenvalue weighted by Gasteiger charge is -2.25. The largest absolute Gasteiger partial charge is 0.353 e. The summed E-state index contributed by atoms with van der Waals surface area (Å²) < 4.78 is 26.1. The molecule has 0 spiro atoms. The van der Waals surface area contributed by atoms with Gasteiger partial charge in [0.05, 0.1) is 14.1 Å². The number of sulfone groups is 1. The van der Waals surface area contributed by atoms with Gasteiger partial charge in [-0.05, 0) is 54.0 Å². The minimum absolute atomic E-state index is 0.201. The maximum atomic E-state index is 12.7. The summed E-state index contributed by atoms with van der Waals surface area (Å²) >= 11 is 6.55. The van der Waals surface area contributed by atoms with Crippen molar-refractivity contribution in [3.05, 3.63) is 45.6 Å². The fourth-order valence-corrected chi connectivity index (χ4v) is 3.59. The molecule has 0 aliphatic heterocycles. The lowest BCUT2D eigenvalue weighted by atomic mass is 10.2. The van der Waals surface area contributed by atoms with E-state index in [0.29, 0.717) is 10.8 Å². The molecule has 0 saturated heterocycles. The van der Waals surface area contributed by atoms with Crippen molar-refractivity contribution in [3.8, 4) is 0 Å². The van der Waals surface area contributed by atoms with Crippen molar-refractivity contribution in [1.82, 2.24) is 9.97 Å². The van der Waals surface area contributed by atoms with E-state index in [-0.39, 0.29) is 6.54 Å². The first-order valence-corrected chi connectivity index (χ1v) is 9.51. The highest BCUT2D eigenvalue weighted by molar-refractivity contribution is 9.10. The van der Waals surface area contributed by atoms with Gasteiger partial charge in [0.1, 0.15) is 0 Å². The Kier molecular flexibility index (Phi) is 5.24. The average molecular weight is 449 g/mol. The van der Waals surface area contributed by atoms with Crippen LogP contribution in [0.25, 0.3) is 0 Å². The van der Waals surface area contributed by atoms with Crippen LogP contribution in [0.15, 0.2) is 50.5 Å². The lowest BCUT2D eigenvalue weighted by Crippen LogP contribution is -2.39. The van der Waals surface area contributed by atoms with Gasteiger partial charge in [-0.3, -0.25) is 0 Å². The monoisotopic (exact) mass is 447 g/mol. The molecule has 1 aromatic carbocycles. The van der Waals surface area contributed by atoms with Crippen LogP contribution in [0, 0.1) is 0 Å². The summed E-state index contributed by atoms with van der Waals surface area (Å²) in [5, 5.41) is 2.97. The highest BCUT2D eigenvalue weighted by Crippen LogP contribution is 2.26. The molecule has 0 radical (unpaired) electrons. The van der Waals surface area contributed by atoms with Crippen LogP contribution in [0.4, 0.5) is 5.95 Å². The van der Waals surface area contributed by atoms with Gasteiger partial charge in [-0.1, -0.05) is 15.9 Å². The third-order valence-electron chi connectivity index (χ3n) is 3.14. The molecule has 1 N–H and O–H groups in total. The van der Waals surface area contributed by atoms with E-state index in [0.717, 1.165) is 8.95 Å². The Morgan fingerprint density at radius 3 is 2.14 bits per heavy atom. The van der Waals surface area contributed by atoms with Crippen molar-refractivity contribution in [2.24, 2.45) is 0 Å². The number of nitrogens with zero attached hydrogens (tertiary/aromatic N) is 2. The van der Waals surface area contributed by atoms with Gasteiger partial charge in [-0.2, -0.15) is 0 Å². The van der Waals surface area contributed by atoms with Crippen molar-refractivity contribution in [1.29, 1.82) is 0 Å². The molecule has 0 amide bonds. The van der Waals surface area contributed by atoms with Crippen molar-refractivity contribution in [3.63, 3.8) is 0 Å². The first kappa shape index (κ1) is 17.4. The predicted octanol–water partition coefficient (Wildman–Crippen LogP) is 3.67.